The number of aromatic nitrogens is 3. The Hall–Kier alpha value is -1.62. The van der Waals surface area contributed by atoms with Gasteiger partial charge in [0.1, 0.15) is 11.0 Å². The van der Waals surface area contributed by atoms with Crippen LogP contribution in [0.4, 0.5) is 0 Å². The van der Waals surface area contributed by atoms with Gasteiger partial charge < -0.3 is 4.90 Å². The minimum atomic E-state index is 0.218. The molecule has 0 radical (unpaired) electrons. The summed E-state index contributed by atoms with van der Waals surface area (Å²) in [5.41, 5.74) is 2.29. The second kappa shape index (κ2) is 6.03. The van der Waals surface area contributed by atoms with E-state index < -0.39 is 0 Å². The maximum absolute atomic E-state index is 6.55. The molecule has 0 saturated heterocycles. The summed E-state index contributed by atoms with van der Waals surface area (Å²) in [7, 11) is 0. The van der Waals surface area contributed by atoms with Crippen molar-refractivity contribution >= 4 is 23.1 Å². The van der Waals surface area contributed by atoms with Crippen molar-refractivity contribution in [3.05, 3.63) is 28.5 Å². The van der Waals surface area contributed by atoms with Crippen molar-refractivity contribution < 1.29 is 0 Å². The summed E-state index contributed by atoms with van der Waals surface area (Å²) in [5, 5.41) is 9.50. The summed E-state index contributed by atoms with van der Waals surface area (Å²) in [6.07, 6.45) is 7.62. The van der Waals surface area contributed by atoms with Gasteiger partial charge in [0.15, 0.2) is 11.7 Å². The molecule has 6 heteroatoms. The van der Waals surface area contributed by atoms with Crippen LogP contribution in [-0.2, 0) is 0 Å². The summed E-state index contributed by atoms with van der Waals surface area (Å²) < 4.78 is 2.18. The van der Waals surface area contributed by atoms with E-state index in [1.54, 1.807) is 0 Å². The van der Waals surface area contributed by atoms with Crippen LogP contribution in [0.3, 0.4) is 0 Å². The molecule has 1 fully saturated rings. The molecule has 4 rings (SSSR count). The molecule has 1 aliphatic carbocycles. The number of fused-ring (bicyclic) bond motifs is 3. The minimum Gasteiger partial charge on any atom is -0.344 e. The first-order chi connectivity index (χ1) is 11.6. The highest BCUT2D eigenvalue weighted by Crippen LogP contribution is 2.40. The van der Waals surface area contributed by atoms with Crippen LogP contribution in [0.15, 0.2) is 21.8 Å². The molecule has 1 aromatic heterocycles. The topological polar surface area (TPSA) is 46.3 Å². The Bertz CT molecular complexity index is 753. The van der Waals surface area contributed by atoms with Crippen molar-refractivity contribution in [1.29, 1.82) is 0 Å². The SMILES string of the molecule is CCC1=C(Cl)N=C2C(=CC1)n1c(C)nnc1C(CC)N2CC1CC1. The standard InChI is InChI=1S/C18H24ClN5/c1-4-13-8-9-15-17(20-16(13)19)23(10-12-6-7-12)14(5-2)18-22-21-11(3)24(15)18/h9,12,14H,4-8,10H2,1-3H3. The highest BCUT2D eigenvalue weighted by atomic mass is 35.5. The number of amidine groups is 1. The molecule has 3 aliphatic rings. The summed E-state index contributed by atoms with van der Waals surface area (Å²) in [4.78, 5) is 7.30. The van der Waals surface area contributed by atoms with E-state index in [0.717, 1.165) is 54.9 Å². The van der Waals surface area contributed by atoms with Gasteiger partial charge in [-0.2, -0.15) is 0 Å². The highest BCUT2D eigenvalue weighted by molar-refractivity contribution is 6.32. The largest absolute Gasteiger partial charge is 0.344 e. The van der Waals surface area contributed by atoms with Crippen molar-refractivity contribution in [1.82, 2.24) is 19.7 Å². The van der Waals surface area contributed by atoms with Crippen LogP contribution in [0.5, 0.6) is 0 Å². The Kier molecular flexibility index (Phi) is 3.99. The van der Waals surface area contributed by atoms with Crippen LogP contribution >= 0.6 is 11.6 Å². The Morgan fingerprint density at radius 2 is 2.04 bits per heavy atom. The highest BCUT2D eigenvalue weighted by Gasteiger charge is 2.39. The van der Waals surface area contributed by atoms with Crippen molar-refractivity contribution in [3.8, 4) is 0 Å². The third kappa shape index (κ3) is 2.50. The van der Waals surface area contributed by atoms with Crippen LogP contribution in [-0.4, -0.2) is 32.0 Å². The number of rotatable bonds is 4. The normalized spacial score (nSPS) is 23.5. The molecule has 0 spiro atoms. The molecule has 2 aliphatic heterocycles. The number of nitrogens with zero attached hydrogens (tertiary/aromatic N) is 5. The second-order valence-corrected chi connectivity index (χ2v) is 7.30. The van der Waals surface area contributed by atoms with Crippen molar-refractivity contribution in [2.45, 2.75) is 58.9 Å². The molecular weight excluding hydrogens is 322 g/mol. The molecule has 3 heterocycles. The zero-order valence-electron chi connectivity index (χ0n) is 14.6. The zero-order valence-corrected chi connectivity index (χ0v) is 15.3. The summed E-state index contributed by atoms with van der Waals surface area (Å²) in [6.45, 7) is 7.39. The van der Waals surface area contributed by atoms with E-state index in [-0.39, 0.29) is 6.04 Å². The molecular formula is C18H24ClN5. The number of allylic oxidation sites excluding steroid dienone is 2. The molecule has 24 heavy (non-hydrogen) atoms. The van der Waals surface area contributed by atoms with E-state index in [0.29, 0.717) is 5.16 Å². The Labute approximate surface area is 148 Å². The van der Waals surface area contributed by atoms with Gasteiger partial charge >= 0.3 is 0 Å². The maximum Gasteiger partial charge on any atom is 0.160 e. The lowest BCUT2D eigenvalue weighted by atomic mass is 10.1. The molecule has 0 N–H and O–H groups in total. The van der Waals surface area contributed by atoms with Crippen molar-refractivity contribution in [2.75, 3.05) is 6.54 Å². The summed E-state index contributed by atoms with van der Waals surface area (Å²) >= 11 is 6.55. The summed E-state index contributed by atoms with van der Waals surface area (Å²) in [5.74, 6) is 3.73. The van der Waals surface area contributed by atoms with Crippen LogP contribution in [0.1, 0.15) is 63.6 Å². The van der Waals surface area contributed by atoms with Gasteiger partial charge in [-0.3, -0.25) is 4.57 Å². The molecule has 0 bridgehead atoms. The van der Waals surface area contributed by atoms with Crippen LogP contribution in [0.2, 0.25) is 0 Å². The van der Waals surface area contributed by atoms with Crippen molar-refractivity contribution in [2.24, 2.45) is 10.9 Å². The average molecular weight is 346 g/mol. The molecule has 1 atom stereocenters. The number of hydrogen-bond acceptors (Lipinski definition) is 4. The van der Waals surface area contributed by atoms with Gasteiger partial charge in [0.2, 0.25) is 0 Å². The van der Waals surface area contributed by atoms with Crippen LogP contribution in [0.25, 0.3) is 5.70 Å². The number of halogens is 1. The first kappa shape index (κ1) is 15.9. The lowest BCUT2D eigenvalue weighted by Gasteiger charge is -2.39. The average Bonchev–Trinajstić information content (AvgIpc) is 3.33. The number of aryl methyl sites for hydroxylation is 1. The second-order valence-electron chi connectivity index (χ2n) is 6.94. The van der Waals surface area contributed by atoms with Gasteiger partial charge in [-0.25, -0.2) is 4.99 Å². The zero-order chi connectivity index (χ0) is 16.8. The third-order valence-corrected chi connectivity index (χ3v) is 5.62. The third-order valence-electron chi connectivity index (χ3n) is 5.27. The lowest BCUT2D eigenvalue weighted by Crippen LogP contribution is -2.43. The van der Waals surface area contributed by atoms with E-state index in [1.807, 2.05) is 6.92 Å². The molecule has 5 nitrogen and oxygen atoms in total. The molecule has 128 valence electrons. The van der Waals surface area contributed by atoms with Crippen LogP contribution < -0.4 is 0 Å². The van der Waals surface area contributed by atoms with E-state index in [9.17, 15) is 0 Å². The van der Waals surface area contributed by atoms with Crippen LogP contribution in [0, 0.1) is 12.8 Å². The monoisotopic (exact) mass is 345 g/mol. The Balaban J connectivity index is 1.89. The fourth-order valence-electron chi connectivity index (χ4n) is 3.69. The van der Waals surface area contributed by atoms with Gasteiger partial charge in [-0.1, -0.05) is 31.5 Å². The predicted octanol–water partition coefficient (Wildman–Crippen LogP) is 4.27. The quantitative estimate of drug-likeness (QED) is 0.766. The molecule has 0 aromatic carbocycles. The first-order valence-electron chi connectivity index (χ1n) is 8.99. The van der Waals surface area contributed by atoms with Gasteiger partial charge in [0.25, 0.3) is 0 Å². The van der Waals surface area contributed by atoms with E-state index in [1.165, 1.54) is 18.4 Å². The lowest BCUT2D eigenvalue weighted by molar-refractivity contribution is 0.276. The molecule has 1 unspecified atom stereocenters. The van der Waals surface area contributed by atoms with Gasteiger partial charge in [0.05, 0.1) is 11.7 Å². The van der Waals surface area contributed by atoms with E-state index >= 15 is 0 Å². The van der Waals surface area contributed by atoms with Gasteiger partial charge in [0, 0.05) is 6.54 Å². The predicted molar refractivity (Wildman–Crippen MR) is 96.7 cm³/mol. The van der Waals surface area contributed by atoms with E-state index in [4.69, 9.17) is 16.6 Å². The fraction of sp³-hybridized carbons (Fsp3) is 0.611. The smallest absolute Gasteiger partial charge is 0.160 e. The number of aliphatic imine (C=N–C) groups is 1. The number of hydrogen-bond donors (Lipinski definition) is 0. The van der Waals surface area contributed by atoms with Gasteiger partial charge in [-0.05, 0) is 50.5 Å². The van der Waals surface area contributed by atoms with E-state index in [2.05, 4.69) is 39.6 Å². The maximum atomic E-state index is 6.55. The fourth-order valence-corrected chi connectivity index (χ4v) is 3.98. The minimum absolute atomic E-state index is 0.218. The van der Waals surface area contributed by atoms with Crippen molar-refractivity contribution in [3.63, 3.8) is 0 Å². The molecule has 0 amide bonds. The molecule has 1 aromatic rings. The first-order valence-corrected chi connectivity index (χ1v) is 9.37. The van der Waals surface area contributed by atoms with Gasteiger partial charge in [-0.15, -0.1) is 10.2 Å². The molecule has 1 saturated carbocycles. The Morgan fingerprint density at radius 1 is 1.25 bits per heavy atom. The Morgan fingerprint density at radius 3 is 2.71 bits per heavy atom. The summed E-state index contributed by atoms with van der Waals surface area (Å²) in [6, 6.07) is 0.218.